The molecule has 2 aromatic heterocycles. The maximum Gasteiger partial charge on any atom is 0.416 e. The maximum absolute atomic E-state index is 14.4. The Morgan fingerprint density at radius 3 is 1.31 bits per heavy atom. The highest BCUT2D eigenvalue weighted by Gasteiger charge is 2.31. The fraction of sp³-hybridized carbons (Fsp3) is 0.109. The van der Waals surface area contributed by atoms with Crippen molar-refractivity contribution < 1.29 is 13.2 Å². The number of para-hydroxylation sites is 2. The molecule has 0 unspecified atom stereocenters. The molecule has 0 radical (unpaired) electrons. The molecule has 0 atom stereocenters. The fourth-order valence-corrected chi connectivity index (χ4v) is 9.46. The average molecular weight is 800 g/mol. The zero-order valence-corrected chi connectivity index (χ0v) is 34.4. The van der Waals surface area contributed by atoms with Crippen LogP contribution in [-0.4, -0.2) is 9.13 Å². The Balaban J connectivity index is 1.32. The first-order chi connectivity index (χ1) is 29.3. The maximum atomic E-state index is 14.4. The summed E-state index contributed by atoms with van der Waals surface area (Å²) in [5.74, 6) is 0. The molecule has 0 fully saturated rings. The van der Waals surface area contributed by atoms with E-state index in [9.17, 15) is 13.2 Å². The minimum Gasteiger partial charge on any atom is -0.308 e. The van der Waals surface area contributed by atoms with E-state index >= 15 is 0 Å². The molecule has 3 nitrogen and oxygen atoms in total. The van der Waals surface area contributed by atoms with Crippen LogP contribution >= 0.6 is 0 Å². The van der Waals surface area contributed by atoms with Crippen molar-refractivity contribution in [3.63, 3.8) is 0 Å². The molecule has 0 aliphatic carbocycles. The Morgan fingerprint density at radius 1 is 0.410 bits per heavy atom. The van der Waals surface area contributed by atoms with Gasteiger partial charge in [-0.1, -0.05) is 113 Å². The lowest BCUT2D eigenvalue weighted by atomic mass is 9.97. The van der Waals surface area contributed by atoms with E-state index in [1.165, 1.54) is 22.3 Å². The topological polar surface area (TPSA) is 14.2 Å². The molecule has 0 bridgehead atoms. The third kappa shape index (κ3) is 6.45. The Hall–Kier alpha value is -7.36. The molecule has 0 aliphatic heterocycles. The molecule has 0 amide bonds. The highest BCUT2D eigenvalue weighted by atomic mass is 19.4. The first-order valence-electron chi connectivity index (χ1n) is 20.3. The van der Waals surface area contributed by atoms with Crippen molar-refractivity contribution in [2.45, 2.75) is 40.8 Å². The molecule has 6 heteroatoms. The van der Waals surface area contributed by atoms with Crippen LogP contribution < -0.4 is 0 Å². The van der Waals surface area contributed by atoms with Gasteiger partial charge in [-0.15, -0.1) is 0 Å². The molecular formula is C55H40F3N3. The van der Waals surface area contributed by atoms with Gasteiger partial charge in [0.15, 0.2) is 5.69 Å². The number of hydrogen-bond acceptors (Lipinski definition) is 0. The lowest BCUT2D eigenvalue weighted by Crippen LogP contribution is -2.06. The lowest BCUT2D eigenvalue weighted by Gasteiger charge is -2.20. The van der Waals surface area contributed by atoms with Crippen LogP contribution in [0.1, 0.15) is 33.4 Å². The van der Waals surface area contributed by atoms with Crippen LogP contribution in [0.3, 0.4) is 0 Å². The Bertz CT molecular complexity index is 3440. The number of hydrogen-bond donors (Lipinski definition) is 0. The number of nitrogens with zero attached hydrogens (tertiary/aromatic N) is 3. The summed E-state index contributed by atoms with van der Waals surface area (Å²) in [7, 11) is 0. The summed E-state index contributed by atoms with van der Waals surface area (Å²) in [5.41, 5.74) is 15.2. The fourth-order valence-electron chi connectivity index (χ4n) is 9.46. The van der Waals surface area contributed by atoms with E-state index in [0.29, 0.717) is 16.7 Å². The Morgan fingerprint density at radius 2 is 0.836 bits per heavy atom. The predicted octanol–water partition coefficient (Wildman–Crippen LogP) is 16.0. The van der Waals surface area contributed by atoms with E-state index in [2.05, 4.69) is 139 Å². The summed E-state index contributed by atoms with van der Waals surface area (Å²) in [6.45, 7) is 18.6. The van der Waals surface area contributed by atoms with Crippen LogP contribution in [0.2, 0.25) is 0 Å². The first kappa shape index (κ1) is 37.9. The normalized spacial score (nSPS) is 11.9. The number of fused-ring (bicyclic) bond motifs is 6. The quantitative estimate of drug-likeness (QED) is 0.154. The van der Waals surface area contributed by atoms with E-state index in [1.807, 2.05) is 36.4 Å². The van der Waals surface area contributed by atoms with Crippen LogP contribution in [-0.2, 0) is 6.18 Å². The monoisotopic (exact) mass is 799 g/mol. The van der Waals surface area contributed by atoms with Gasteiger partial charge in [0.25, 0.3) is 0 Å². The highest BCUT2D eigenvalue weighted by molar-refractivity contribution is 6.13. The number of benzene rings is 8. The summed E-state index contributed by atoms with van der Waals surface area (Å²) in [4.78, 5) is 4.02. The van der Waals surface area contributed by atoms with Gasteiger partial charge in [-0.2, -0.15) is 13.2 Å². The van der Waals surface area contributed by atoms with Crippen LogP contribution in [0.15, 0.2) is 152 Å². The van der Waals surface area contributed by atoms with Crippen molar-refractivity contribution in [1.29, 1.82) is 0 Å². The molecule has 2 heterocycles. The van der Waals surface area contributed by atoms with Crippen LogP contribution in [0.4, 0.5) is 18.9 Å². The van der Waals surface area contributed by atoms with Crippen molar-refractivity contribution in [3.05, 3.63) is 196 Å². The van der Waals surface area contributed by atoms with Crippen molar-refractivity contribution in [2.75, 3.05) is 0 Å². The van der Waals surface area contributed by atoms with Gasteiger partial charge in [-0.3, -0.25) is 0 Å². The molecule has 8 aromatic carbocycles. The third-order valence-corrected chi connectivity index (χ3v) is 11.9. The van der Waals surface area contributed by atoms with Crippen molar-refractivity contribution in [1.82, 2.24) is 9.13 Å². The van der Waals surface area contributed by atoms with Crippen molar-refractivity contribution >= 4 is 49.3 Å². The van der Waals surface area contributed by atoms with Crippen LogP contribution in [0.25, 0.3) is 93.2 Å². The molecule has 10 aromatic rings. The minimum absolute atomic E-state index is 0.258. The van der Waals surface area contributed by atoms with Gasteiger partial charge in [0.1, 0.15) is 0 Å². The molecule has 10 rings (SSSR count). The molecule has 0 saturated heterocycles. The van der Waals surface area contributed by atoms with Gasteiger partial charge in [0, 0.05) is 21.5 Å². The molecule has 0 aliphatic rings. The van der Waals surface area contributed by atoms with Crippen molar-refractivity contribution in [2.24, 2.45) is 0 Å². The largest absolute Gasteiger partial charge is 0.416 e. The minimum atomic E-state index is -4.55. The standard InChI is InChI=1S/C55H40F3N3/c1-32-19-33(2)22-39(21-32)37-15-17-51-46(28-37)43-11-7-9-13-49(43)60(51)53-30-45(41-25-36(5)26-42(27-41)55(56,57)58)48(59-6)31-54(53)61-50-14-10-8-12-44(50)47-29-38(16-18-52(47)61)40-23-34(3)20-35(4)24-40/h7-31H,1-5H3. The highest BCUT2D eigenvalue weighted by Crippen LogP contribution is 2.45. The van der Waals surface area contributed by atoms with E-state index in [4.69, 9.17) is 6.57 Å². The average Bonchev–Trinajstić information content (AvgIpc) is 3.74. The molecular weight excluding hydrogens is 760 g/mol. The number of aryl methyl sites for hydroxylation is 5. The smallest absolute Gasteiger partial charge is 0.308 e. The van der Waals surface area contributed by atoms with E-state index in [0.717, 1.165) is 89.4 Å². The molecule has 0 saturated carbocycles. The van der Waals surface area contributed by atoms with Gasteiger partial charge in [0.2, 0.25) is 0 Å². The van der Waals surface area contributed by atoms with Gasteiger partial charge in [0.05, 0.1) is 45.6 Å². The summed E-state index contributed by atoms with van der Waals surface area (Å²) in [6, 6.07) is 50.6. The Kier molecular flexibility index (Phi) is 8.78. The summed E-state index contributed by atoms with van der Waals surface area (Å²) in [6.07, 6.45) is -4.55. The third-order valence-electron chi connectivity index (χ3n) is 11.9. The van der Waals surface area contributed by atoms with Gasteiger partial charge < -0.3 is 9.13 Å². The van der Waals surface area contributed by atoms with E-state index < -0.39 is 11.7 Å². The predicted molar refractivity (Wildman–Crippen MR) is 246 cm³/mol. The lowest BCUT2D eigenvalue weighted by molar-refractivity contribution is -0.137. The molecule has 0 spiro atoms. The van der Waals surface area contributed by atoms with Crippen LogP contribution in [0, 0.1) is 41.2 Å². The summed E-state index contributed by atoms with van der Waals surface area (Å²) >= 11 is 0. The summed E-state index contributed by atoms with van der Waals surface area (Å²) < 4.78 is 47.5. The summed E-state index contributed by atoms with van der Waals surface area (Å²) in [5, 5.41) is 4.20. The van der Waals surface area contributed by atoms with Gasteiger partial charge >= 0.3 is 6.18 Å². The number of aromatic nitrogens is 2. The second-order valence-corrected chi connectivity index (χ2v) is 16.5. The Labute approximate surface area is 352 Å². The molecule has 0 N–H and O–H groups in total. The second-order valence-electron chi connectivity index (χ2n) is 16.5. The van der Waals surface area contributed by atoms with Gasteiger partial charge in [-0.05, 0) is 134 Å². The number of alkyl halides is 3. The zero-order valence-electron chi connectivity index (χ0n) is 34.4. The van der Waals surface area contributed by atoms with E-state index in [-0.39, 0.29) is 5.69 Å². The molecule has 296 valence electrons. The van der Waals surface area contributed by atoms with E-state index in [1.54, 1.807) is 13.0 Å². The van der Waals surface area contributed by atoms with Gasteiger partial charge in [-0.25, -0.2) is 4.85 Å². The number of rotatable bonds is 5. The van der Waals surface area contributed by atoms with Crippen molar-refractivity contribution in [3.8, 4) is 44.8 Å². The SMILES string of the molecule is [C-]#[N+]c1cc(-n2c3ccccc3c3cc(-c4cc(C)cc(C)c4)ccc32)c(-n2c3ccccc3c3cc(-c4cc(C)cc(C)c4)ccc32)cc1-c1cc(C)cc(C(F)(F)F)c1. The zero-order chi connectivity index (χ0) is 42.3. The van der Waals surface area contributed by atoms with Crippen LogP contribution in [0.5, 0.6) is 0 Å². The second kappa shape index (κ2) is 14.1. The molecule has 61 heavy (non-hydrogen) atoms. The first-order valence-corrected chi connectivity index (χ1v) is 20.3. The number of halogens is 3.